The highest BCUT2D eigenvalue weighted by Crippen LogP contribution is 2.35. The molecule has 2 aromatic carbocycles. The van der Waals surface area contributed by atoms with Gasteiger partial charge in [0.1, 0.15) is 18.0 Å². The molecular weight excluding hydrogens is 316 g/mol. The third-order valence-corrected chi connectivity index (χ3v) is 3.96. The van der Waals surface area contributed by atoms with Crippen molar-refractivity contribution in [3.8, 4) is 11.5 Å². The first-order chi connectivity index (χ1) is 12.3. The molecule has 0 fully saturated rings. The summed E-state index contributed by atoms with van der Waals surface area (Å²) in [5.74, 6) is 3.05. The summed E-state index contributed by atoms with van der Waals surface area (Å²) in [4.78, 5) is 10.9. The van der Waals surface area contributed by atoms with Gasteiger partial charge in [-0.3, -0.25) is 0 Å². The molecule has 1 N–H and O–H groups in total. The molecule has 1 aromatic heterocycles. The van der Waals surface area contributed by atoms with Crippen molar-refractivity contribution in [1.29, 1.82) is 0 Å². The number of hydrogen-bond acceptors (Lipinski definition) is 6. The topological polar surface area (TPSA) is 59.5 Å². The van der Waals surface area contributed by atoms with E-state index in [0.717, 1.165) is 41.1 Å². The monoisotopic (exact) mass is 334 g/mol. The van der Waals surface area contributed by atoms with Gasteiger partial charge in [-0.25, -0.2) is 9.97 Å². The highest BCUT2D eigenvalue weighted by atomic mass is 16.7. The molecule has 3 aromatic rings. The van der Waals surface area contributed by atoms with Crippen LogP contribution in [0.2, 0.25) is 0 Å². The molecule has 0 atom stereocenters. The first-order valence-electron chi connectivity index (χ1n) is 8.15. The van der Waals surface area contributed by atoms with Gasteiger partial charge in [-0.15, -0.1) is 0 Å². The van der Waals surface area contributed by atoms with Crippen LogP contribution in [0.25, 0.3) is 0 Å². The zero-order valence-electron chi connectivity index (χ0n) is 13.8. The molecule has 126 valence electrons. The van der Waals surface area contributed by atoms with E-state index < -0.39 is 0 Å². The Balaban J connectivity index is 1.59. The number of anilines is 4. The number of nitrogens with one attached hydrogen (secondary N) is 1. The van der Waals surface area contributed by atoms with Crippen molar-refractivity contribution in [2.45, 2.75) is 6.92 Å². The molecule has 0 saturated heterocycles. The van der Waals surface area contributed by atoms with Crippen LogP contribution in [-0.4, -0.2) is 23.3 Å². The van der Waals surface area contributed by atoms with Crippen LogP contribution in [0.1, 0.15) is 6.92 Å². The Kier molecular flexibility index (Phi) is 4.08. The summed E-state index contributed by atoms with van der Waals surface area (Å²) >= 11 is 0. The zero-order chi connectivity index (χ0) is 17.1. The molecule has 0 bridgehead atoms. The first kappa shape index (κ1) is 15.3. The van der Waals surface area contributed by atoms with E-state index in [-0.39, 0.29) is 6.79 Å². The van der Waals surface area contributed by atoms with Crippen molar-refractivity contribution in [3.63, 3.8) is 0 Å². The molecule has 1 aliphatic heterocycles. The second kappa shape index (κ2) is 6.68. The van der Waals surface area contributed by atoms with Gasteiger partial charge in [-0.05, 0) is 31.2 Å². The van der Waals surface area contributed by atoms with E-state index in [2.05, 4.69) is 39.2 Å². The van der Waals surface area contributed by atoms with Crippen molar-refractivity contribution in [1.82, 2.24) is 9.97 Å². The number of ether oxygens (including phenoxy) is 2. The lowest BCUT2D eigenvalue weighted by Gasteiger charge is -2.22. The summed E-state index contributed by atoms with van der Waals surface area (Å²) in [5.41, 5.74) is 1.98. The van der Waals surface area contributed by atoms with Gasteiger partial charge in [0.2, 0.25) is 6.79 Å². The van der Waals surface area contributed by atoms with E-state index in [1.54, 1.807) is 6.33 Å². The van der Waals surface area contributed by atoms with Gasteiger partial charge in [0.15, 0.2) is 11.5 Å². The Morgan fingerprint density at radius 3 is 2.68 bits per heavy atom. The van der Waals surface area contributed by atoms with Crippen LogP contribution in [-0.2, 0) is 0 Å². The SMILES string of the molecule is CCN(c1ccccc1)c1cc(Nc2ccc3c(c2)OCO3)ncn1. The first-order valence-corrected chi connectivity index (χ1v) is 8.15. The molecule has 0 radical (unpaired) electrons. The lowest BCUT2D eigenvalue weighted by Crippen LogP contribution is -2.17. The van der Waals surface area contributed by atoms with Crippen LogP contribution in [0.5, 0.6) is 11.5 Å². The second-order valence-corrected chi connectivity index (χ2v) is 5.53. The van der Waals surface area contributed by atoms with Gasteiger partial charge in [0, 0.05) is 30.1 Å². The molecule has 4 rings (SSSR count). The molecule has 0 aliphatic carbocycles. The average Bonchev–Trinajstić information content (AvgIpc) is 3.11. The summed E-state index contributed by atoms with van der Waals surface area (Å²) in [7, 11) is 0. The number of aromatic nitrogens is 2. The molecule has 0 amide bonds. The lowest BCUT2D eigenvalue weighted by molar-refractivity contribution is 0.174. The van der Waals surface area contributed by atoms with Crippen molar-refractivity contribution < 1.29 is 9.47 Å². The summed E-state index contributed by atoms with van der Waals surface area (Å²) < 4.78 is 10.7. The van der Waals surface area contributed by atoms with E-state index >= 15 is 0 Å². The standard InChI is InChI=1S/C19H18N4O2/c1-2-23(15-6-4-3-5-7-15)19-11-18(20-12-21-19)22-14-8-9-16-17(10-14)25-13-24-16/h3-12H,2,13H2,1H3,(H,20,21,22). The predicted molar refractivity (Wildman–Crippen MR) is 97.0 cm³/mol. The maximum atomic E-state index is 5.41. The molecule has 2 heterocycles. The van der Waals surface area contributed by atoms with E-state index in [4.69, 9.17) is 9.47 Å². The Morgan fingerprint density at radius 2 is 1.84 bits per heavy atom. The molecule has 0 spiro atoms. The third-order valence-electron chi connectivity index (χ3n) is 3.96. The molecular formula is C19H18N4O2. The minimum Gasteiger partial charge on any atom is -0.454 e. The van der Waals surface area contributed by atoms with E-state index in [1.807, 2.05) is 42.5 Å². The van der Waals surface area contributed by atoms with Gasteiger partial charge >= 0.3 is 0 Å². The van der Waals surface area contributed by atoms with Gasteiger partial charge in [0.05, 0.1) is 0 Å². The highest BCUT2D eigenvalue weighted by Gasteiger charge is 2.14. The van der Waals surface area contributed by atoms with Crippen LogP contribution < -0.4 is 19.7 Å². The van der Waals surface area contributed by atoms with E-state index in [9.17, 15) is 0 Å². The number of hydrogen-bond donors (Lipinski definition) is 1. The number of fused-ring (bicyclic) bond motifs is 1. The predicted octanol–water partition coefficient (Wildman–Crippen LogP) is 4.11. The fraction of sp³-hybridized carbons (Fsp3) is 0.158. The normalized spacial score (nSPS) is 12.0. The van der Waals surface area contributed by atoms with E-state index in [0.29, 0.717) is 0 Å². The van der Waals surface area contributed by atoms with Crippen molar-refractivity contribution in [2.24, 2.45) is 0 Å². The van der Waals surface area contributed by atoms with Crippen LogP contribution in [0.15, 0.2) is 60.9 Å². The lowest BCUT2D eigenvalue weighted by atomic mass is 10.2. The molecule has 1 aliphatic rings. The third kappa shape index (κ3) is 3.19. The maximum Gasteiger partial charge on any atom is 0.231 e. The van der Waals surface area contributed by atoms with Crippen LogP contribution in [0, 0.1) is 0 Å². The Bertz CT molecular complexity index is 870. The van der Waals surface area contributed by atoms with Crippen LogP contribution >= 0.6 is 0 Å². The zero-order valence-corrected chi connectivity index (χ0v) is 13.8. The summed E-state index contributed by atoms with van der Waals surface area (Å²) in [5, 5.41) is 3.29. The smallest absolute Gasteiger partial charge is 0.231 e. The Labute approximate surface area is 146 Å². The molecule has 6 heteroatoms. The number of para-hydroxylation sites is 1. The van der Waals surface area contributed by atoms with Crippen LogP contribution in [0.4, 0.5) is 23.0 Å². The molecule has 0 saturated carbocycles. The fourth-order valence-electron chi connectivity index (χ4n) is 2.77. The summed E-state index contributed by atoms with van der Waals surface area (Å²) in [6.07, 6.45) is 1.57. The minimum atomic E-state index is 0.263. The minimum absolute atomic E-state index is 0.263. The number of rotatable bonds is 5. The Morgan fingerprint density at radius 1 is 1.00 bits per heavy atom. The molecule has 0 unspecified atom stereocenters. The van der Waals surface area contributed by atoms with Crippen molar-refractivity contribution >= 4 is 23.0 Å². The van der Waals surface area contributed by atoms with Gasteiger partial charge in [-0.2, -0.15) is 0 Å². The maximum absolute atomic E-state index is 5.41. The average molecular weight is 334 g/mol. The van der Waals surface area contributed by atoms with Gasteiger partial charge in [-0.1, -0.05) is 18.2 Å². The van der Waals surface area contributed by atoms with Gasteiger partial charge < -0.3 is 19.7 Å². The Hall–Kier alpha value is -3.28. The second-order valence-electron chi connectivity index (χ2n) is 5.53. The quantitative estimate of drug-likeness (QED) is 0.758. The molecule has 6 nitrogen and oxygen atoms in total. The van der Waals surface area contributed by atoms with E-state index in [1.165, 1.54) is 0 Å². The fourth-order valence-corrected chi connectivity index (χ4v) is 2.77. The van der Waals surface area contributed by atoms with Crippen LogP contribution in [0.3, 0.4) is 0 Å². The highest BCUT2D eigenvalue weighted by molar-refractivity contribution is 5.66. The van der Waals surface area contributed by atoms with Gasteiger partial charge in [0.25, 0.3) is 0 Å². The summed E-state index contributed by atoms with van der Waals surface area (Å²) in [6.45, 7) is 3.17. The van der Waals surface area contributed by atoms with Crippen molar-refractivity contribution in [3.05, 3.63) is 60.9 Å². The largest absolute Gasteiger partial charge is 0.454 e. The molecule has 25 heavy (non-hydrogen) atoms. The number of benzene rings is 2. The number of nitrogens with zero attached hydrogens (tertiary/aromatic N) is 3. The summed E-state index contributed by atoms with van der Waals surface area (Å²) in [6, 6.07) is 17.8. The van der Waals surface area contributed by atoms with Crippen molar-refractivity contribution in [2.75, 3.05) is 23.6 Å².